The van der Waals surface area contributed by atoms with Gasteiger partial charge in [-0.25, -0.2) is 13.2 Å². The first kappa shape index (κ1) is 14.6. The molecule has 2 aromatic rings. The monoisotopic (exact) mass is 283 g/mol. The van der Waals surface area contributed by atoms with Gasteiger partial charge in [-0.15, -0.1) is 0 Å². The van der Waals surface area contributed by atoms with Crippen molar-refractivity contribution in [3.8, 4) is 0 Å². The van der Waals surface area contributed by atoms with Crippen LogP contribution in [-0.4, -0.2) is 16.3 Å². The van der Waals surface area contributed by atoms with Gasteiger partial charge in [0.15, 0.2) is 17.5 Å². The van der Waals surface area contributed by atoms with Crippen LogP contribution in [0.4, 0.5) is 13.2 Å². The lowest BCUT2D eigenvalue weighted by Gasteiger charge is -2.17. The molecule has 1 N–H and O–H groups in total. The molecule has 0 aliphatic carbocycles. The topological polar surface area (TPSA) is 29.9 Å². The lowest BCUT2D eigenvalue weighted by Crippen LogP contribution is -2.24. The van der Waals surface area contributed by atoms with E-state index in [-0.39, 0.29) is 0 Å². The Morgan fingerprint density at radius 2 is 1.90 bits per heavy atom. The molecule has 6 heteroatoms. The predicted octanol–water partition coefficient (Wildman–Crippen LogP) is 2.93. The number of nitrogens with zero attached hydrogens (tertiary/aromatic N) is 2. The average molecular weight is 283 g/mol. The summed E-state index contributed by atoms with van der Waals surface area (Å²) in [5.74, 6) is -3.84. The van der Waals surface area contributed by atoms with Crippen molar-refractivity contribution in [1.82, 2.24) is 15.1 Å². The first-order chi connectivity index (χ1) is 9.52. The second-order valence-corrected chi connectivity index (χ2v) is 4.60. The molecule has 0 amide bonds. The van der Waals surface area contributed by atoms with Crippen LogP contribution in [0.5, 0.6) is 0 Å². The molecule has 1 unspecified atom stereocenters. The molecule has 0 saturated heterocycles. The molecular weight excluding hydrogens is 267 g/mol. The molecule has 1 aromatic heterocycles. The van der Waals surface area contributed by atoms with E-state index in [2.05, 4.69) is 10.4 Å². The van der Waals surface area contributed by atoms with E-state index >= 15 is 0 Å². The van der Waals surface area contributed by atoms with Crippen LogP contribution in [0.2, 0.25) is 0 Å². The number of rotatable bonds is 5. The molecule has 108 valence electrons. The van der Waals surface area contributed by atoms with Gasteiger partial charge in [-0.1, -0.05) is 6.92 Å². The van der Waals surface area contributed by atoms with Crippen molar-refractivity contribution < 1.29 is 13.2 Å². The van der Waals surface area contributed by atoms with E-state index in [1.807, 2.05) is 6.92 Å². The molecule has 0 saturated carbocycles. The molecule has 1 aromatic carbocycles. The fourth-order valence-electron chi connectivity index (χ4n) is 2.01. The molecule has 3 nitrogen and oxygen atoms in total. The molecule has 20 heavy (non-hydrogen) atoms. The van der Waals surface area contributed by atoms with E-state index in [9.17, 15) is 13.2 Å². The molecule has 0 aliphatic rings. The van der Waals surface area contributed by atoms with Gasteiger partial charge in [0, 0.05) is 13.2 Å². The van der Waals surface area contributed by atoms with E-state index in [1.165, 1.54) is 0 Å². The van der Waals surface area contributed by atoms with E-state index in [4.69, 9.17) is 0 Å². The van der Waals surface area contributed by atoms with Crippen LogP contribution in [0.15, 0.2) is 24.4 Å². The van der Waals surface area contributed by atoms with Crippen molar-refractivity contribution >= 4 is 0 Å². The second-order valence-electron chi connectivity index (χ2n) is 4.60. The van der Waals surface area contributed by atoms with E-state index in [1.54, 1.807) is 24.0 Å². The van der Waals surface area contributed by atoms with Crippen molar-refractivity contribution in [2.45, 2.75) is 19.4 Å². The third kappa shape index (κ3) is 3.01. The molecular formula is C14H16F3N3. The molecule has 0 fully saturated rings. The fraction of sp³-hybridized carbons (Fsp3) is 0.357. The number of aryl methyl sites for hydroxylation is 1. The summed E-state index contributed by atoms with van der Waals surface area (Å²) in [6, 6.07) is 3.29. The second kappa shape index (κ2) is 6.09. The zero-order valence-electron chi connectivity index (χ0n) is 11.3. The molecule has 0 spiro atoms. The lowest BCUT2D eigenvalue weighted by molar-refractivity contribution is 0.442. The quantitative estimate of drug-likeness (QED) is 0.855. The standard InChI is InChI=1S/C14H16F3N3/c1-3-5-18-14(12-4-6-20(2)19-12)9-7-10(15)13(17)11(16)8-9/h4,6-8,14,18H,3,5H2,1-2H3. The number of aromatic nitrogens is 2. The van der Waals surface area contributed by atoms with Crippen molar-refractivity contribution in [1.29, 1.82) is 0 Å². The summed E-state index contributed by atoms with van der Waals surface area (Å²) in [5.41, 5.74) is 0.944. The van der Waals surface area contributed by atoms with Crippen LogP contribution in [0.1, 0.15) is 30.6 Å². The lowest BCUT2D eigenvalue weighted by atomic mass is 10.0. The Bertz CT molecular complexity index is 572. The third-order valence-electron chi connectivity index (χ3n) is 2.97. The molecule has 2 rings (SSSR count). The van der Waals surface area contributed by atoms with Crippen LogP contribution >= 0.6 is 0 Å². The smallest absolute Gasteiger partial charge is 0.194 e. The summed E-state index contributed by atoms with van der Waals surface area (Å²) < 4.78 is 41.4. The number of halogens is 3. The Morgan fingerprint density at radius 3 is 2.40 bits per heavy atom. The largest absolute Gasteiger partial charge is 0.305 e. The van der Waals surface area contributed by atoms with E-state index < -0.39 is 23.5 Å². The minimum absolute atomic E-state index is 0.313. The average Bonchev–Trinajstić information content (AvgIpc) is 2.83. The summed E-state index contributed by atoms with van der Waals surface area (Å²) in [6.45, 7) is 2.64. The minimum atomic E-state index is -1.45. The molecule has 0 aliphatic heterocycles. The van der Waals surface area contributed by atoms with E-state index in [0.29, 0.717) is 17.8 Å². The first-order valence-electron chi connectivity index (χ1n) is 6.40. The van der Waals surface area contributed by atoms with Gasteiger partial charge in [0.05, 0.1) is 11.7 Å². The van der Waals surface area contributed by atoms with Crippen molar-refractivity contribution in [3.05, 3.63) is 53.1 Å². The summed E-state index contributed by atoms with van der Waals surface area (Å²) in [4.78, 5) is 0. The Balaban J connectivity index is 2.40. The van der Waals surface area contributed by atoms with Crippen molar-refractivity contribution in [3.63, 3.8) is 0 Å². The zero-order valence-corrected chi connectivity index (χ0v) is 11.3. The van der Waals surface area contributed by atoms with Crippen LogP contribution in [0, 0.1) is 17.5 Å². The highest BCUT2D eigenvalue weighted by Gasteiger charge is 2.20. The Labute approximate surface area is 115 Å². The van der Waals surface area contributed by atoms with Crippen LogP contribution in [0.3, 0.4) is 0 Å². The third-order valence-corrected chi connectivity index (χ3v) is 2.97. The van der Waals surface area contributed by atoms with Gasteiger partial charge in [0.1, 0.15) is 0 Å². The Morgan fingerprint density at radius 1 is 1.25 bits per heavy atom. The maximum absolute atomic E-state index is 13.4. The summed E-state index contributed by atoms with van der Waals surface area (Å²) in [6.07, 6.45) is 2.60. The zero-order chi connectivity index (χ0) is 14.7. The summed E-state index contributed by atoms with van der Waals surface area (Å²) in [5, 5.41) is 7.40. The highest BCUT2D eigenvalue weighted by molar-refractivity contribution is 5.29. The van der Waals surface area contributed by atoms with Gasteiger partial charge in [0.2, 0.25) is 0 Å². The van der Waals surface area contributed by atoms with Crippen LogP contribution in [-0.2, 0) is 7.05 Å². The number of hydrogen-bond acceptors (Lipinski definition) is 2. The summed E-state index contributed by atoms with van der Waals surface area (Å²) in [7, 11) is 1.76. The number of benzene rings is 1. The van der Waals surface area contributed by atoms with Crippen LogP contribution < -0.4 is 5.32 Å². The SMILES string of the molecule is CCCNC(c1cc(F)c(F)c(F)c1)c1ccn(C)n1. The molecule has 1 atom stereocenters. The number of hydrogen-bond donors (Lipinski definition) is 1. The maximum atomic E-state index is 13.4. The van der Waals surface area contributed by atoms with Crippen molar-refractivity contribution in [2.75, 3.05) is 6.54 Å². The first-order valence-corrected chi connectivity index (χ1v) is 6.40. The Kier molecular flexibility index (Phi) is 4.44. The van der Waals surface area contributed by atoms with Gasteiger partial charge in [-0.2, -0.15) is 5.10 Å². The number of nitrogens with one attached hydrogen (secondary N) is 1. The molecule has 0 radical (unpaired) electrons. The maximum Gasteiger partial charge on any atom is 0.194 e. The van der Waals surface area contributed by atoms with Gasteiger partial charge in [-0.3, -0.25) is 4.68 Å². The molecule has 1 heterocycles. The van der Waals surface area contributed by atoms with Gasteiger partial charge in [-0.05, 0) is 36.7 Å². The predicted molar refractivity (Wildman–Crippen MR) is 69.7 cm³/mol. The Hall–Kier alpha value is -1.82. The van der Waals surface area contributed by atoms with Crippen molar-refractivity contribution in [2.24, 2.45) is 7.05 Å². The highest BCUT2D eigenvalue weighted by Crippen LogP contribution is 2.24. The highest BCUT2D eigenvalue weighted by atomic mass is 19.2. The van der Waals surface area contributed by atoms with E-state index in [0.717, 1.165) is 18.6 Å². The summed E-state index contributed by atoms with van der Waals surface area (Å²) >= 11 is 0. The van der Waals surface area contributed by atoms with Crippen LogP contribution in [0.25, 0.3) is 0 Å². The fourth-order valence-corrected chi connectivity index (χ4v) is 2.01. The van der Waals surface area contributed by atoms with Gasteiger partial charge < -0.3 is 5.32 Å². The molecule has 0 bridgehead atoms. The minimum Gasteiger partial charge on any atom is -0.305 e. The van der Waals surface area contributed by atoms with Gasteiger partial charge in [0.25, 0.3) is 0 Å². The normalized spacial score (nSPS) is 12.7. The van der Waals surface area contributed by atoms with Gasteiger partial charge >= 0.3 is 0 Å².